The minimum atomic E-state index is -2.18. The quantitative estimate of drug-likeness (QED) is 0.205. The molecular formula is C20H40F2S2. The topological polar surface area (TPSA) is 0 Å². The van der Waals surface area contributed by atoms with Crippen molar-refractivity contribution in [3.63, 3.8) is 0 Å². The van der Waals surface area contributed by atoms with E-state index in [0.29, 0.717) is 5.92 Å². The second-order valence-corrected chi connectivity index (χ2v) is 11.2. The van der Waals surface area contributed by atoms with E-state index in [1.54, 1.807) is 21.6 Å². The highest BCUT2D eigenvalue weighted by molar-refractivity contribution is 8.77. The highest BCUT2D eigenvalue weighted by Gasteiger charge is 2.27. The summed E-state index contributed by atoms with van der Waals surface area (Å²) in [5.41, 5.74) is 0. The van der Waals surface area contributed by atoms with Crippen molar-refractivity contribution in [2.75, 3.05) is 0 Å². The van der Waals surface area contributed by atoms with Gasteiger partial charge < -0.3 is 0 Å². The van der Waals surface area contributed by atoms with Crippen molar-refractivity contribution in [3.05, 3.63) is 0 Å². The smallest absolute Gasteiger partial charge is 0.210 e. The van der Waals surface area contributed by atoms with Crippen LogP contribution in [0.5, 0.6) is 0 Å². The van der Waals surface area contributed by atoms with Crippen molar-refractivity contribution >= 4 is 21.6 Å². The van der Waals surface area contributed by atoms with Gasteiger partial charge in [0, 0.05) is 16.4 Å². The van der Waals surface area contributed by atoms with Gasteiger partial charge in [0.15, 0.2) is 0 Å². The van der Waals surface area contributed by atoms with E-state index in [9.17, 15) is 8.78 Å². The van der Waals surface area contributed by atoms with Gasteiger partial charge in [-0.2, -0.15) is 0 Å². The van der Waals surface area contributed by atoms with Crippen LogP contribution in [0.4, 0.5) is 8.78 Å². The Kier molecular flexibility index (Phi) is 15.0. The Balaban J connectivity index is 4.66. The number of alkyl halides is 2. The van der Waals surface area contributed by atoms with Crippen LogP contribution in [-0.4, -0.2) is 16.4 Å². The van der Waals surface area contributed by atoms with Crippen molar-refractivity contribution in [1.82, 2.24) is 0 Å². The molecule has 0 aromatic rings. The fourth-order valence-corrected chi connectivity index (χ4v) is 5.88. The second kappa shape index (κ2) is 14.7. The van der Waals surface area contributed by atoms with Gasteiger partial charge in [0.25, 0.3) is 0 Å². The van der Waals surface area contributed by atoms with Gasteiger partial charge >= 0.3 is 0 Å². The van der Waals surface area contributed by atoms with Crippen LogP contribution in [-0.2, 0) is 0 Å². The molecule has 0 saturated carbocycles. The molecule has 0 aromatic heterocycles. The first kappa shape index (κ1) is 24.6. The minimum Gasteiger partial charge on any atom is -0.210 e. The lowest BCUT2D eigenvalue weighted by Crippen LogP contribution is -2.21. The summed E-state index contributed by atoms with van der Waals surface area (Å²) in [6.45, 7) is 10.9. The van der Waals surface area contributed by atoms with Crippen molar-refractivity contribution in [2.45, 2.75) is 122 Å². The molecule has 0 N–H and O–H groups in total. The van der Waals surface area contributed by atoms with Crippen LogP contribution in [0.1, 0.15) is 105 Å². The van der Waals surface area contributed by atoms with Crippen molar-refractivity contribution in [2.24, 2.45) is 5.92 Å². The standard InChI is InChI=1S/C20H40F2S2/c1-6-8-10-12-14-17(15-13-11-9-7-2)18(16-19(21)22)23-24-20(3,4)5/h17-19H,6-16H2,1-5H3. The Morgan fingerprint density at radius 3 is 1.67 bits per heavy atom. The third-order valence-electron chi connectivity index (χ3n) is 4.21. The normalized spacial score (nSPS) is 13.9. The Hall–Kier alpha value is 0.560. The second-order valence-electron chi connectivity index (χ2n) is 7.92. The molecule has 1 unspecified atom stereocenters. The average Bonchev–Trinajstić information content (AvgIpc) is 2.49. The third kappa shape index (κ3) is 14.9. The Bertz CT molecular complexity index is 265. The minimum absolute atomic E-state index is 0.0555. The monoisotopic (exact) mass is 382 g/mol. The molecule has 4 heteroatoms. The maximum absolute atomic E-state index is 13.1. The van der Waals surface area contributed by atoms with Crippen LogP contribution < -0.4 is 0 Å². The van der Waals surface area contributed by atoms with Crippen LogP contribution in [0.25, 0.3) is 0 Å². The van der Waals surface area contributed by atoms with E-state index in [-0.39, 0.29) is 16.4 Å². The SMILES string of the molecule is CCCCCCC(CCCCCC)C(CC(F)F)SSC(C)(C)C. The van der Waals surface area contributed by atoms with Gasteiger partial charge in [0.2, 0.25) is 6.43 Å². The number of hydrogen-bond donors (Lipinski definition) is 0. The fourth-order valence-electron chi connectivity index (χ4n) is 2.87. The summed E-state index contributed by atoms with van der Waals surface area (Å²) in [7, 11) is 3.51. The van der Waals surface area contributed by atoms with Crippen molar-refractivity contribution < 1.29 is 8.78 Å². The predicted molar refractivity (Wildman–Crippen MR) is 110 cm³/mol. The highest BCUT2D eigenvalue weighted by Crippen LogP contribution is 2.44. The average molecular weight is 383 g/mol. The van der Waals surface area contributed by atoms with Crippen LogP contribution in [0.15, 0.2) is 0 Å². The molecule has 0 bridgehead atoms. The molecule has 0 amide bonds. The third-order valence-corrected chi connectivity index (χ3v) is 8.17. The van der Waals surface area contributed by atoms with Gasteiger partial charge in [-0.3, -0.25) is 0 Å². The molecule has 0 saturated heterocycles. The number of unbranched alkanes of at least 4 members (excludes halogenated alkanes) is 6. The van der Waals surface area contributed by atoms with E-state index in [4.69, 9.17) is 0 Å². The van der Waals surface area contributed by atoms with E-state index in [0.717, 1.165) is 12.8 Å². The Labute approximate surface area is 158 Å². The van der Waals surface area contributed by atoms with Gasteiger partial charge in [-0.1, -0.05) is 108 Å². The van der Waals surface area contributed by atoms with E-state index < -0.39 is 6.43 Å². The fraction of sp³-hybridized carbons (Fsp3) is 1.00. The summed E-state index contributed by atoms with van der Waals surface area (Å²) in [6, 6.07) is 0. The lowest BCUT2D eigenvalue weighted by Gasteiger charge is -2.29. The molecule has 0 nitrogen and oxygen atoms in total. The first-order chi connectivity index (χ1) is 11.3. The molecule has 0 fully saturated rings. The number of hydrogen-bond acceptors (Lipinski definition) is 2. The van der Waals surface area contributed by atoms with E-state index in [2.05, 4.69) is 34.6 Å². The summed E-state index contributed by atoms with van der Waals surface area (Å²) in [4.78, 5) is 0. The molecule has 1 atom stereocenters. The van der Waals surface area contributed by atoms with E-state index in [1.165, 1.54) is 51.4 Å². The molecule has 0 rings (SSSR count). The lowest BCUT2D eigenvalue weighted by atomic mass is 9.90. The van der Waals surface area contributed by atoms with Crippen LogP contribution in [0.2, 0.25) is 0 Å². The van der Waals surface area contributed by atoms with E-state index >= 15 is 0 Å². The van der Waals surface area contributed by atoms with Crippen molar-refractivity contribution in [3.8, 4) is 0 Å². The zero-order chi connectivity index (χ0) is 18.4. The molecule has 0 heterocycles. The highest BCUT2D eigenvalue weighted by atomic mass is 33.1. The summed E-state index contributed by atoms with van der Waals surface area (Å²) < 4.78 is 26.4. The Morgan fingerprint density at radius 1 is 0.792 bits per heavy atom. The summed E-state index contributed by atoms with van der Waals surface area (Å²) in [6.07, 6.45) is 10.0. The predicted octanol–water partition coefficient (Wildman–Crippen LogP) is 8.75. The molecule has 24 heavy (non-hydrogen) atoms. The lowest BCUT2D eigenvalue weighted by molar-refractivity contribution is 0.128. The molecule has 0 aliphatic rings. The number of rotatable bonds is 15. The largest absolute Gasteiger partial charge is 0.239 e. The summed E-state index contributed by atoms with van der Waals surface area (Å²) >= 11 is 0. The zero-order valence-electron chi connectivity index (χ0n) is 16.6. The van der Waals surface area contributed by atoms with Gasteiger partial charge in [-0.05, 0) is 18.8 Å². The van der Waals surface area contributed by atoms with Crippen LogP contribution >= 0.6 is 21.6 Å². The van der Waals surface area contributed by atoms with Crippen molar-refractivity contribution in [1.29, 1.82) is 0 Å². The molecule has 0 radical (unpaired) electrons. The van der Waals surface area contributed by atoms with Crippen LogP contribution in [0.3, 0.4) is 0 Å². The van der Waals surface area contributed by atoms with Crippen LogP contribution in [0, 0.1) is 5.92 Å². The number of halogens is 2. The first-order valence-electron chi connectivity index (χ1n) is 9.92. The maximum Gasteiger partial charge on any atom is 0.239 e. The molecule has 0 aliphatic carbocycles. The van der Waals surface area contributed by atoms with Gasteiger partial charge in [-0.15, -0.1) is 0 Å². The molecular weight excluding hydrogens is 342 g/mol. The Morgan fingerprint density at radius 2 is 1.29 bits per heavy atom. The van der Waals surface area contributed by atoms with Gasteiger partial charge in [0.1, 0.15) is 0 Å². The molecule has 146 valence electrons. The van der Waals surface area contributed by atoms with E-state index in [1.807, 2.05) is 0 Å². The summed E-state index contributed by atoms with van der Waals surface area (Å²) in [5, 5.41) is 0.0949. The maximum atomic E-state index is 13.1. The molecule has 0 aliphatic heterocycles. The first-order valence-corrected chi connectivity index (χ1v) is 12.1. The molecule has 0 aromatic carbocycles. The summed E-state index contributed by atoms with van der Waals surface area (Å²) in [5.74, 6) is 0.451. The zero-order valence-corrected chi connectivity index (χ0v) is 18.2. The van der Waals surface area contributed by atoms with Gasteiger partial charge in [-0.25, -0.2) is 8.78 Å². The van der Waals surface area contributed by atoms with Gasteiger partial charge in [0.05, 0.1) is 0 Å². The molecule has 0 spiro atoms.